The zero-order chi connectivity index (χ0) is 12.3. The molecule has 1 fully saturated rings. The van der Waals surface area contributed by atoms with Crippen molar-refractivity contribution in [1.29, 1.82) is 0 Å². The molecule has 0 radical (unpaired) electrons. The largest absolute Gasteiger partial charge is 0.352 e. The van der Waals surface area contributed by atoms with E-state index in [9.17, 15) is 4.79 Å². The molecule has 1 saturated heterocycles. The van der Waals surface area contributed by atoms with Crippen LogP contribution in [-0.2, 0) is 11.3 Å². The third-order valence-electron chi connectivity index (χ3n) is 3.27. The average molecular weight is 297 g/mol. The molecule has 0 bridgehead atoms. The Morgan fingerprint density at radius 3 is 2.94 bits per heavy atom. The van der Waals surface area contributed by atoms with Crippen LogP contribution >= 0.6 is 15.9 Å². The van der Waals surface area contributed by atoms with Crippen LogP contribution in [0.5, 0.6) is 0 Å². The van der Waals surface area contributed by atoms with Gasteiger partial charge in [0.25, 0.3) is 0 Å². The molecule has 0 aromatic heterocycles. The summed E-state index contributed by atoms with van der Waals surface area (Å²) in [5.41, 5.74) is 1.11. The lowest BCUT2D eigenvalue weighted by atomic mass is 10.0. The second-order valence-corrected chi connectivity index (χ2v) is 5.30. The SMILES string of the molecule is CC1NCCC1C(=O)NCc1ccccc1Br. The monoisotopic (exact) mass is 296 g/mol. The second kappa shape index (κ2) is 5.65. The highest BCUT2D eigenvalue weighted by Crippen LogP contribution is 2.17. The molecule has 1 aromatic rings. The summed E-state index contributed by atoms with van der Waals surface area (Å²) >= 11 is 3.48. The van der Waals surface area contributed by atoms with Gasteiger partial charge in [-0.1, -0.05) is 34.1 Å². The molecule has 0 saturated carbocycles. The van der Waals surface area contributed by atoms with Crippen LogP contribution in [0, 0.1) is 5.92 Å². The Labute approximate surface area is 110 Å². The fourth-order valence-electron chi connectivity index (χ4n) is 2.17. The first kappa shape index (κ1) is 12.6. The van der Waals surface area contributed by atoms with Gasteiger partial charge in [0, 0.05) is 17.1 Å². The highest BCUT2D eigenvalue weighted by atomic mass is 79.9. The molecule has 3 nitrogen and oxygen atoms in total. The van der Waals surface area contributed by atoms with Crippen LogP contribution < -0.4 is 10.6 Å². The Morgan fingerprint density at radius 1 is 1.53 bits per heavy atom. The minimum absolute atomic E-state index is 0.109. The van der Waals surface area contributed by atoms with Gasteiger partial charge in [-0.15, -0.1) is 0 Å². The fourth-order valence-corrected chi connectivity index (χ4v) is 2.60. The van der Waals surface area contributed by atoms with Gasteiger partial charge in [0.05, 0.1) is 5.92 Å². The summed E-state index contributed by atoms with van der Waals surface area (Å²) in [6, 6.07) is 8.24. The quantitative estimate of drug-likeness (QED) is 0.896. The van der Waals surface area contributed by atoms with Gasteiger partial charge in [-0.2, -0.15) is 0 Å². The van der Waals surface area contributed by atoms with E-state index in [1.807, 2.05) is 24.3 Å². The van der Waals surface area contributed by atoms with E-state index < -0.39 is 0 Å². The molecule has 2 atom stereocenters. The maximum Gasteiger partial charge on any atom is 0.224 e. The van der Waals surface area contributed by atoms with Crippen molar-refractivity contribution >= 4 is 21.8 Å². The van der Waals surface area contributed by atoms with Crippen LogP contribution in [0.2, 0.25) is 0 Å². The van der Waals surface area contributed by atoms with Crippen molar-refractivity contribution in [2.75, 3.05) is 6.54 Å². The maximum absolute atomic E-state index is 12.0. The van der Waals surface area contributed by atoms with E-state index in [2.05, 4.69) is 33.5 Å². The van der Waals surface area contributed by atoms with Gasteiger partial charge in [-0.3, -0.25) is 4.79 Å². The summed E-state index contributed by atoms with van der Waals surface area (Å²) in [5, 5.41) is 6.29. The predicted octanol–water partition coefficient (Wildman–Crippen LogP) is 2.06. The second-order valence-electron chi connectivity index (χ2n) is 4.45. The molecule has 2 unspecified atom stereocenters. The lowest BCUT2D eigenvalue weighted by Crippen LogP contribution is -2.36. The van der Waals surface area contributed by atoms with Gasteiger partial charge in [-0.25, -0.2) is 0 Å². The van der Waals surface area contributed by atoms with Crippen molar-refractivity contribution in [1.82, 2.24) is 10.6 Å². The molecule has 4 heteroatoms. The van der Waals surface area contributed by atoms with Gasteiger partial charge >= 0.3 is 0 Å². The summed E-state index contributed by atoms with van der Waals surface area (Å²) in [6.45, 7) is 3.59. The highest BCUT2D eigenvalue weighted by Gasteiger charge is 2.28. The Hall–Kier alpha value is -0.870. The van der Waals surface area contributed by atoms with E-state index in [1.165, 1.54) is 0 Å². The van der Waals surface area contributed by atoms with Crippen molar-refractivity contribution in [2.45, 2.75) is 25.9 Å². The Morgan fingerprint density at radius 2 is 2.29 bits per heavy atom. The summed E-state index contributed by atoms with van der Waals surface area (Å²) < 4.78 is 1.04. The van der Waals surface area contributed by atoms with E-state index in [-0.39, 0.29) is 17.9 Å². The van der Waals surface area contributed by atoms with E-state index in [1.54, 1.807) is 0 Å². The number of carbonyl (C=O) groups is 1. The zero-order valence-corrected chi connectivity index (χ0v) is 11.5. The van der Waals surface area contributed by atoms with E-state index in [4.69, 9.17) is 0 Å². The molecular formula is C13H17BrN2O. The fraction of sp³-hybridized carbons (Fsp3) is 0.462. The van der Waals surface area contributed by atoms with Gasteiger partial charge in [0.15, 0.2) is 0 Å². The standard InChI is InChI=1S/C13H17BrN2O/c1-9-11(6-7-15-9)13(17)16-8-10-4-2-3-5-12(10)14/h2-5,9,11,15H,6-8H2,1H3,(H,16,17). The molecule has 0 spiro atoms. The molecule has 1 aliphatic heterocycles. The average Bonchev–Trinajstić information content (AvgIpc) is 2.74. The van der Waals surface area contributed by atoms with Crippen LogP contribution in [0.4, 0.5) is 0 Å². The van der Waals surface area contributed by atoms with E-state index in [0.29, 0.717) is 6.54 Å². The summed E-state index contributed by atoms with van der Waals surface area (Å²) in [6.07, 6.45) is 0.933. The summed E-state index contributed by atoms with van der Waals surface area (Å²) in [7, 11) is 0. The van der Waals surface area contributed by atoms with Crippen molar-refractivity contribution < 1.29 is 4.79 Å². The van der Waals surface area contributed by atoms with Crippen molar-refractivity contribution in [3.05, 3.63) is 34.3 Å². The van der Waals surface area contributed by atoms with Crippen LogP contribution in [0.3, 0.4) is 0 Å². The highest BCUT2D eigenvalue weighted by molar-refractivity contribution is 9.10. The normalized spacial score (nSPS) is 23.6. The molecule has 1 aromatic carbocycles. The van der Waals surface area contributed by atoms with E-state index >= 15 is 0 Å². The number of amides is 1. The molecule has 1 amide bonds. The van der Waals surface area contributed by atoms with Gasteiger partial charge in [-0.05, 0) is 31.5 Å². The Kier molecular flexibility index (Phi) is 4.18. The third kappa shape index (κ3) is 3.07. The van der Waals surface area contributed by atoms with Crippen LogP contribution in [0.1, 0.15) is 18.9 Å². The number of hydrogen-bond acceptors (Lipinski definition) is 2. The number of hydrogen-bond donors (Lipinski definition) is 2. The van der Waals surface area contributed by atoms with Crippen LogP contribution in [-0.4, -0.2) is 18.5 Å². The third-order valence-corrected chi connectivity index (χ3v) is 4.05. The maximum atomic E-state index is 12.0. The predicted molar refractivity (Wildman–Crippen MR) is 71.6 cm³/mol. The molecule has 17 heavy (non-hydrogen) atoms. The van der Waals surface area contributed by atoms with Crippen molar-refractivity contribution in [3.8, 4) is 0 Å². The number of benzene rings is 1. The first-order chi connectivity index (χ1) is 8.18. The molecule has 2 N–H and O–H groups in total. The first-order valence-electron chi connectivity index (χ1n) is 5.93. The minimum Gasteiger partial charge on any atom is -0.352 e. The number of nitrogens with one attached hydrogen (secondary N) is 2. The number of carbonyl (C=O) groups excluding carboxylic acids is 1. The van der Waals surface area contributed by atoms with Crippen molar-refractivity contribution in [2.24, 2.45) is 5.92 Å². The number of rotatable bonds is 3. The molecule has 92 valence electrons. The molecule has 0 aliphatic carbocycles. The molecule has 1 heterocycles. The summed E-state index contributed by atoms with van der Waals surface area (Å²) in [5.74, 6) is 0.260. The molecular weight excluding hydrogens is 280 g/mol. The molecule has 1 aliphatic rings. The molecule has 2 rings (SSSR count). The van der Waals surface area contributed by atoms with Gasteiger partial charge in [0.2, 0.25) is 5.91 Å². The van der Waals surface area contributed by atoms with E-state index in [0.717, 1.165) is 23.0 Å². The first-order valence-corrected chi connectivity index (χ1v) is 6.72. The lowest BCUT2D eigenvalue weighted by molar-refractivity contribution is -0.125. The Balaban J connectivity index is 1.90. The topological polar surface area (TPSA) is 41.1 Å². The van der Waals surface area contributed by atoms with Crippen molar-refractivity contribution in [3.63, 3.8) is 0 Å². The van der Waals surface area contributed by atoms with Crippen LogP contribution in [0.25, 0.3) is 0 Å². The zero-order valence-electron chi connectivity index (χ0n) is 9.87. The smallest absolute Gasteiger partial charge is 0.224 e. The summed E-state index contributed by atoms with van der Waals surface area (Å²) in [4.78, 5) is 12.0. The van der Waals surface area contributed by atoms with Crippen LogP contribution in [0.15, 0.2) is 28.7 Å². The minimum atomic E-state index is 0.109. The Bertz CT molecular complexity index is 408. The lowest BCUT2D eigenvalue weighted by Gasteiger charge is -2.15. The number of halogens is 1. The van der Waals surface area contributed by atoms with Gasteiger partial charge in [0.1, 0.15) is 0 Å². The van der Waals surface area contributed by atoms with Gasteiger partial charge < -0.3 is 10.6 Å².